The van der Waals surface area contributed by atoms with Gasteiger partial charge in [-0.2, -0.15) is 0 Å². The van der Waals surface area contributed by atoms with Gasteiger partial charge in [-0.05, 0) is 0 Å². The average molecular weight is 304 g/mol. The molecule has 0 saturated heterocycles. The van der Waals surface area contributed by atoms with Crippen LogP contribution in [0.15, 0.2) is 0 Å². The third-order valence-electron chi connectivity index (χ3n) is 2.33. The fourth-order valence-corrected chi connectivity index (χ4v) is 0.945. The molecule has 10 heteroatoms. The SMILES string of the molecule is OC[C@@H](O)C(O)[C@@H](O)CO.OC[C@@H](O)C(O)[C@H](O)CO. The van der Waals surface area contributed by atoms with E-state index in [1.54, 1.807) is 0 Å². The van der Waals surface area contributed by atoms with Crippen molar-refractivity contribution < 1.29 is 51.1 Å². The molecule has 0 aliphatic rings. The van der Waals surface area contributed by atoms with Crippen molar-refractivity contribution in [3.05, 3.63) is 0 Å². The first-order valence-corrected chi connectivity index (χ1v) is 5.78. The second-order valence-corrected chi connectivity index (χ2v) is 3.98. The van der Waals surface area contributed by atoms with Crippen LogP contribution in [0.2, 0.25) is 0 Å². The molecule has 5 atom stereocenters. The Labute approximate surface area is 115 Å². The van der Waals surface area contributed by atoms with Gasteiger partial charge in [-0.3, -0.25) is 0 Å². The van der Waals surface area contributed by atoms with Gasteiger partial charge in [0.05, 0.1) is 26.4 Å². The third-order valence-corrected chi connectivity index (χ3v) is 2.33. The number of hydrogen-bond acceptors (Lipinski definition) is 10. The van der Waals surface area contributed by atoms with Crippen molar-refractivity contribution in [2.75, 3.05) is 26.4 Å². The second kappa shape index (κ2) is 12.3. The highest BCUT2D eigenvalue weighted by molar-refractivity contribution is 4.73. The van der Waals surface area contributed by atoms with Gasteiger partial charge in [-0.1, -0.05) is 0 Å². The van der Waals surface area contributed by atoms with Crippen molar-refractivity contribution >= 4 is 0 Å². The van der Waals surface area contributed by atoms with Crippen molar-refractivity contribution in [3.8, 4) is 0 Å². The van der Waals surface area contributed by atoms with E-state index < -0.39 is 63.1 Å². The van der Waals surface area contributed by atoms with Gasteiger partial charge in [0.2, 0.25) is 0 Å². The molecule has 0 radical (unpaired) electrons. The van der Waals surface area contributed by atoms with Crippen molar-refractivity contribution in [1.29, 1.82) is 0 Å². The van der Waals surface area contributed by atoms with Crippen LogP contribution in [0, 0.1) is 0 Å². The summed E-state index contributed by atoms with van der Waals surface area (Å²) < 4.78 is 0. The summed E-state index contributed by atoms with van der Waals surface area (Å²) in [6.45, 7) is -2.56. The smallest absolute Gasteiger partial charge is 0.110 e. The highest BCUT2D eigenvalue weighted by Gasteiger charge is 2.23. The van der Waals surface area contributed by atoms with Crippen molar-refractivity contribution in [2.45, 2.75) is 36.6 Å². The number of rotatable bonds is 8. The van der Waals surface area contributed by atoms with Gasteiger partial charge in [0.15, 0.2) is 0 Å². The normalized spacial score (nSPS) is 18.8. The maximum atomic E-state index is 8.77. The van der Waals surface area contributed by atoms with Gasteiger partial charge in [0, 0.05) is 0 Å². The van der Waals surface area contributed by atoms with E-state index in [0.29, 0.717) is 0 Å². The Kier molecular flexibility index (Phi) is 13.5. The zero-order chi connectivity index (χ0) is 16.3. The van der Waals surface area contributed by atoms with Crippen LogP contribution in [0.25, 0.3) is 0 Å². The Hall–Kier alpha value is -0.400. The molecule has 10 nitrogen and oxygen atoms in total. The number of aliphatic hydroxyl groups excluding tert-OH is 10. The summed E-state index contributed by atoms with van der Waals surface area (Å²) in [5, 5.41) is 85.1. The van der Waals surface area contributed by atoms with Crippen molar-refractivity contribution in [3.63, 3.8) is 0 Å². The van der Waals surface area contributed by atoms with Crippen LogP contribution < -0.4 is 0 Å². The van der Waals surface area contributed by atoms with Gasteiger partial charge in [0.1, 0.15) is 36.6 Å². The zero-order valence-electron chi connectivity index (χ0n) is 10.8. The molecule has 0 bridgehead atoms. The Bertz CT molecular complexity index is 174. The van der Waals surface area contributed by atoms with Gasteiger partial charge in [-0.25, -0.2) is 0 Å². The van der Waals surface area contributed by atoms with E-state index in [9.17, 15) is 0 Å². The lowest BCUT2D eigenvalue weighted by molar-refractivity contribution is -0.0900. The van der Waals surface area contributed by atoms with Crippen LogP contribution in [0.3, 0.4) is 0 Å². The molecule has 0 aliphatic heterocycles. The maximum absolute atomic E-state index is 8.77. The lowest BCUT2D eigenvalue weighted by atomic mass is 10.1. The van der Waals surface area contributed by atoms with Gasteiger partial charge < -0.3 is 51.1 Å². The molecule has 0 heterocycles. The second-order valence-electron chi connectivity index (χ2n) is 3.98. The monoisotopic (exact) mass is 304 g/mol. The van der Waals surface area contributed by atoms with E-state index in [2.05, 4.69) is 0 Å². The summed E-state index contributed by atoms with van der Waals surface area (Å²) in [7, 11) is 0. The molecule has 1 unspecified atom stereocenters. The predicted molar refractivity (Wildman–Crippen MR) is 64.4 cm³/mol. The van der Waals surface area contributed by atoms with Crippen LogP contribution in [0.5, 0.6) is 0 Å². The van der Waals surface area contributed by atoms with Gasteiger partial charge >= 0.3 is 0 Å². The molecular formula is C10H24O10. The summed E-state index contributed by atoms with van der Waals surface area (Å²) in [4.78, 5) is 0. The largest absolute Gasteiger partial charge is 0.394 e. The Morgan fingerprint density at radius 3 is 0.650 bits per heavy atom. The Morgan fingerprint density at radius 2 is 0.550 bits per heavy atom. The first kappa shape index (κ1) is 21.9. The molecule has 10 N–H and O–H groups in total. The zero-order valence-corrected chi connectivity index (χ0v) is 10.8. The topological polar surface area (TPSA) is 202 Å². The van der Waals surface area contributed by atoms with Crippen LogP contribution in [-0.4, -0.2) is 114 Å². The minimum absolute atomic E-state index is 0.641. The van der Waals surface area contributed by atoms with Gasteiger partial charge in [0.25, 0.3) is 0 Å². The van der Waals surface area contributed by atoms with E-state index in [0.717, 1.165) is 0 Å². The summed E-state index contributed by atoms with van der Waals surface area (Å²) in [5.41, 5.74) is 0. The van der Waals surface area contributed by atoms with Crippen LogP contribution in [0.4, 0.5) is 0 Å². The first-order chi connectivity index (χ1) is 9.26. The predicted octanol–water partition coefficient (Wildman–Crippen LogP) is -5.89. The fraction of sp³-hybridized carbons (Fsp3) is 1.00. The van der Waals surface area contributed by atoms with Crippen molar-refractivity contribution in [1.82, 2.24) is 0 Å². The molecule has 0 amide bonds. The van der Waals surface area contributed by atoms with Crippen LogP contribution in [0.1, 0.15) is 0 Å². The van der Waals surface area contributed by atoms with Crippen molar-refractivity contribution in [2.24, 2.45) is 0 Å². The maximum Gasteiger partial charge on any atom is 0.110 e. The van der Waals surface area contributed by atoms with Gasteiger partial charge in [-0.15, -0.1) is 0 Å². The van der Waals surface area contributed by atoms with E-state index in [4.69, 9.17) is 51.1 Å². The quantitative estimate of drug-likeness (QED) is 0.206. The Morgan fingerprint density at radius 1 is 0.400 bits per heavy atom. The number of aliphatic hydroxyl groups is 10. The highest BCUT2D eigenvalue weighted by Crippen LogP contribution is 1.98. The molecular weight excluding hydrogens is 280 g/mol. The molecule has 20 heavy (non-hydrogen) atoms. The molecule has 124 valence electrons. The fourth-order valence-electron chi connectivity index (χ4n) is 0.945. The summed E-state index contributed by atoms with van der Waals surface area (Å²) in [6, 6.07) is 0. The first-order valence-electron chi connectivity index (χ1n) is 5.78. The minimum Gasteiger partial charge on any atom is -0.394 e. The Balaban J connectivity index is 0. The molecule has 0 rings (SSSR count). The molecule has 0 fully saturated rings. The molecule has 0 aromatic rings. The lowest BCUT2D eigenvalue weighted by Crippen LogP contribution is -2.41. The third kappa shape index (κ3) is 8.71. The molecule has 0 aromatic carbocycles. The number of hydrogen-bond donors (Lipinski definition) is 10. The lowest BCUT2D eigenvalue weighted by Gasteiger charge is -2.19. The molecule has 0 spiro atoms. The summed E-state index contributed by atoms with van der Waals surface area (Å²) in [5.74, 6) is 0. The highest BCUT2D eigenvalue weighted by atomic mass is 16.4. The van der Waals surface area contributed by atoms with E-state index in [1.165, 1.54) is 0 Å². The molecule has 0 aliphatic carbocycles. The van der Waals surface area contributed by atoms with E-state index in [-0.39, 0.29) is 0 Å². The average Bonchev–Trinajstić information content (AvgIpc) is 2.50. The summed E-state index contributed by atoms with van der Waals surface area (Å²) in [6.07, 6.45) is -8.58. The van der Waals surface area contributed by atoms with E-state index >= 15 is 0 Å². The summed E-state index contributed by atoms with van der Waals surface area (Å²) >= 11 is 0. The van der Waals surface area contributed by atoms with Crippen LogP contribution in [-0.2, 0) is 0 Å². The molecule has 0 saturated carbocycles. The molecule has 0 aromatic heterocycles. The van der Waals surface area contributed by atoms with E-state index in [1.807, 2.05) is 0 Å². The minimum atomic E-state index is -1.49. The standard InChI is InChI=1S/2C5H12O5/c2*6-1-3(8)5(10)4(9)2-7/h2*3-10H,1-2H2/t3-,4+,5?;3-,4-/m.1/s1. The van der Waals surface area contributed by atoms with Crippen LogP contribution >= 0.6 is 0 Å².